The molecule has 1 aliphatic rings. The van der Waals surface area contributed by atoms with E-state index in [0.717, 1.165) is 18.7 Å². The van der Waals surface area contributed by atoms with Crippen LogP contribution in [0.2, 0.25) is 0 Å². The summed E-state index contributed by atoms with van der Waals surface area (Å²) >= 11 is 4.83. The Morgan fingerprint density at radius 1 is 1.24 bits per heavy atom. The third-order valence-electron chi connectivity index (χ3n) is 4.81. The van der Waals surface area contributed by atoms with E-state index < -0.39 is 0 Å². The number of tetrazole rings is 1. The zero-order valence-corrected chi connectivity index (χ0v) is 17.8. The van der Waals surface area contributed by atoms with Crippen LogP contribution in [-0.2, 0) is 17.8 Å². The number of thiophene rings is 2. The van der Waals surface area contributed by atoms with E-state index in [1.54, 1.807) is 33.6 Å². The average Bonchev–Trinajstić information content (AvgIpc) is 3.54. The van der Waals surface area contributed by atoms with Crippen LogP contribution in [0.15, 0.2) is 56.9 Å². The van der Waals surface area contributed by atoms with Gasteiger partial charge < -0.3 is 9.32 Å². The van der Waals surface area contributed by atoms with Crippen molar-refractivity contribution in [1.29, 1.82) is 0 Å². The van der Waals surface area contributed by atoms with Gasteiger partial charge in [0.15, 0.2) is 0 Å². The SMILES string of the molecule is O=C(CSc1nnnn1Cc1ccco1)N1CCc2sccc2C1c1cccs1. The third kappa shape index (κ3) is 3.75. The van der Waals surface area contributed by atoms with E-state index in [0.29, 0.717) is 17.5 Å². The molecule has 10 heteroatoms. The van der Waals surface area contributed by atoms with Gasteiger partial charge in [0.25, 0.3) is 0 Å². The van der Waals surface area contributed by atoms with Gasteiger partial charge >= 0.3 is 0 Å². The highest BCUT2D eigenvalue weighted by Gasteiger charge is 2.33. The summed E-state index contributed by atoms with van der Waals surface area (Å²) < 4.78 is 7.02. The van der Waals surface area contributed by atoms with E-state index in [9.17, 15) is 4.79 Å². The minimum absolute atomic E-state index is 0.00258. The van der Waals surface area contributed by atoms with Crippen molar-refractivity contribution < 1.29 is 9.21 Å². The molecule has 1 unspecified atom stereocenters. The summed E-state index contributed by atoms with van der Waals surface area (Å²) in [7, 11) is 0. The van der Waals surface area contributed by atoms with Crippen molar-refractivity contribution in [2.45, 2.75) is 24.2 Å². The lowest BCUT2D eigenvalue weighted by atomic mass is 9.98. The number of furan rings is 1. The second-order valence-corrected chi connectivity index (χ2v) is 9.46. The lowest BCUT2D eigenvalue weighted by molar-refractivity contribution is -0.130. The summed E-state index contributed by atoms with van der Waals surface area (Å²) in [5, 5.41) is 16.6. The van der Waals surface area contributed by atoms with Crippen molar-refractivity contribution in [3.63, 3.8) is 0 Å². The molecule has 0 fully saturated rings. The normalized spacial score (nSPS) is 16.1. The van der Waals surface area contributed by atoms with Crippen molar-refractivity contribution >= 4 is 40.3 Å². The molecule has 0 saturated heterocycles. The van der Waals surface area contributed by atoms with Gasteiger partial charge in [-0.2, -0.15) is 0 Å². The van der Waals surface area contributed by atoms with Gasteiger partial charge in [0.2, 0.25) is 11.1 Å². The van der Waals surface area contributed by atoms with Crippen LogP contribution in [0.5, 0.6) is 0 Å². The Bertz CT molecular complexity index is 1090. The first-order chi connectivity index (χ1) is 14.3. The first-order valence-electron chi connectivity index (χ1n) is 9.10. The Balaban J connectivity index is 1.32. The van der Waals surface area contributed by atoms with Gasteiger partial charge in [-0.3, -0.25) is 4.79 Å². The molecule has 4 aromatic rings. The average molecular weight is 444 g/mol. The van der Waals surface area contributed by atoms with Crippen LogP contribution < -0.4 is 0 Å². The Morgan fingerprint density at radius 3 is 3.03 bits per heavy atom. The number of thioether (sulfide) groups is 1. The molecule has 1 aliphatic heterocycles. The van der Waals surface area contributed by atoms with Gasteiger partial charge in [-0.1, -0.05) is 17.8 Å². The number of nitrogens with zero attached hydrogens (tertiary/aromatic N) is 5. The van der Waals surface area contributed by atoms with E-state index in [-0.39, 0.29) is 11.9 Å². The number of hydrogen-bond donors (Lipinski definition) is 0. The first kappa shape index (κ1) is 18.6. The van der Waals surface area contributed by atoms with Gasteiger partial charge in [-0.25, -0.2) is 4.68 Å². The number of fused-ring (bicyclic) bond motifs is 1. The maximum atomic E-state index is 13.2. The van der Waals surface area contributed by atoms with Crippen LogP contribution in [0.1, 0.15) is 27.1 Å². The molecule has 4 aromatic heterocycles. The van der Waals surface area contributed by atoms with Crippen LogP contribution in [-0.4, -0.2) is 43.3 Å². The Labute approximate surface area is 179 Å². The number of aromatic nitrogens is 4. The zero-order chi connectivity index (χ0) is 19.6. The van der Waals surface area contributed by atoms with Crippen molar-refractivity contribution in [2.75, 3.05) is 12.3 Å². The molecule has 5 rings (SSSR count). The smallest absolute Gasteiger partial charge is 0.233 e. The van der Waals surface area contributed by atoms with Crippen molar-refractivity contribution in [3.05, 3.63) is 68.4 Å². The first-order valence-corrected chi connectivity index (χ1v) is 11.8. The lowest BCUT2D eigenvalue weighted by Crippen LogP contribution is -2.40. The molecule has 29 heavy (non-hydrogen) atoms. The number of hydrogen-bond acceptors (Lipinski definition) is 8. The van der Waals surface area contributed by atoms with E-state index in [1.807, 2.05) is 23.1 Å². The Morgan fingerprint density at radius 2 is 2.21 bits per heavy atom. The van der Waals surface area contributed by atoms with Gasteiger partial charge in [-0.05, 0) is 57.4 Å². The fourth-order valence-corrected chi connectivity index (χ4v) is 6.02. The molecule has 0 aromatic carbocycles. The molecule has 5 heterocycles. The van der Waals surface area contributed by atoms with E-state index in [1.165, 1.54) is 27.1 Å². The summed E-state index contributed by atoms with van der Waals surface area (Å²) in [5.41, 5.74) is 1.25. The molecule has 1 atom stereocenters. The molecule has 0 aliphatic carbocycles. The summed E-state index contributed by atoms with van der Waals surface area (Å²) in [6, 6.07) is 10.0. The lowest BCUT2D eigenvalue weighted by Gasteiger charge is -2.35. The van der Waals surface area contributed by atoms with Crippen LogP contribution in [0.4, 0.5) is 0 Å². The standard InChI is InChI=1S/C19H17N5O2S3/c25-17(12-29-19-20-21-22-24(19)11-13-3-1-8-26-13)23-7-5-15-14(6-10-28-15)18(23)16-4-2-9-27-16/h1-4,6,8-10,18H,5,7,11-12H2. The molecule has 0 N–H and O–H groups in total. The quantitative estimate of drug-likeness (QED) is 0.423. The molecule has 1 amide bonds. The molecule has 0 spiro atoms. The predicted molar refractivity (Wildman–Crippen MR) is 112 cm³/mol. The van der Waals surface area contributed by atoms with Gasteiger partial charge in [-0.15, -0.1) is 27.8 Å². The van der Waals surface area contributed by atoms with Crippen LogP contribution in [0, 0.1) is 0 Å². The highest BCUT2D eigenvalue weighted by molar-refractivity contribution is 7.99. The second kappa shape index (κ2) is 8.13. The van der Waals surface area contributed by atoms with Gasteiger partial charge in [0.05, 0.1) is 18.1 Å². The molecule has 148 valence electrons. The molecule has 0 saturated carbocycles. The monoisotopic (exact) mass is 443 g/mol. The van der Waals surface area contributed by atoms with E-state index >= 15 is 0 Å². The third-order valence-corrected chi connectivity index (χ3v) is 7.67. The fourth-order valence-electron chi connectivity index (χ4n) is 3.50. The minimum atomic E-state index is -0.00258. The molecule has 0 radical (unpaired) electrons. The van der Waals surface area contributed by atoms with Gasteiger partial charge in [0, 0.05) is 16.3 Å². The second-order valence-electron chi connectivity index (χ2n) is 6.54. The topological polar surface area (TPSA) is 77.0 Å². The Hall–Kier alpha value is -2.43. The Kier molecular flexibility index (Phi) is 5.21. The maximum Gasteiger partial charge on any atom is 0.233 e. The van der Waals surface area contributed by atoms with Crippen LogP contribution in [0.25, 0.3) is 0 Å². The van der Waals surface area contributed by atoms with Crippen molar-refractivity contribution in [1.82, 2.24) is 25.1 Å². The highest BCUT2D eigenvalue weighted by Crippen LogP contribution is 2.39. The maximum absolute atomic E-state index is 13.2. The number of rotatable bonds is 6. The fraction of sp³-hybridized carbons (Fsp3) is 0.263. The largest absolute Gasteiger partial charge is 0.467 e. The number of amides is 1. The molecular formula is C19H17N5O2S3. The van der Waals surface area contributed by atoms with Crippen molar-refractivity contribution in [2.24, 2.45) is 0 Å². The minimum Gasteiger partial charge on any atom is -0.467 e. The van der Waals surface area contributed by atoms with Crippen molar-refractivity contribution in [3.8, 4) is 0 Å². The number of carbonyl (C=O) groups excluding carboxylic acids is 1. The zero-order valence-electron chi connectivity index (χ0n) is 15.3. The predicted octanol–water partition coefficient (Wildman–Crippen LogP) is 3.70. The summed E-state index contributed by atoms with van der Waals surface area (Å²) in [4.78, 5) is 17.7. The van der Waals surface area contributed by atoms with E-state index in [2.05, 4.69) is 38.4 Å². The summed E-state index contributed by atoms with van der Waals surface area (Å²) in [5.74, 6) is 1.15. The summed E-state index contributed by atoms with van der Waals surface area (Å²) in [6.45, 7) is 1.17. The van der Waals surface area contributed by atoms with Crippen LogP contribution >= 0.6 is 34.4 Å². The molecule has 0 bridgehead atoms. The van der Waals surface area contributed by atoms with Crippen LogP contribution in [0.3, 0.4) is 0 Å². The number of carbonyl (C=O) groups is 1. The summed E-state index contributed by atoms with van der Waals surface area (Å²) in [6.07, 6.45) is 2.53. The van der Waals surface area contributed by atoms with Gasteiger partial charge in [0.1, 0.15) is 12.3 Å². The molecule has 7 nitrogen and oxygen atoms in total. The molecular weight excluding hydrogens is 426 g/mol. The van der Waals surface area contributed by atoms with E-state index in [4.69, 9.17) is 4.42 Å². The highest BCUT2D eigenvalue weighted by atomic mass is 32.2.